The second-order valence-corrected chi connectivity index (χ2v) is 4.55. The van der Waals surface area contributed by atoms with Gasteiger partial charge in [-0.1, -0.05) is 42.5 Å². The van der Waals surface area contributed by atoms with Crippen LogP contribution in [0.3, 0.4) is 0 Å². The van der Waals surface area contributed by atoms with Crippen molar-refractivity contribution in [1.82, 2.24) is 0 Å². The van der Waals surface area contributed by atoms with Gasteiger partial charge in [-0.2, -0.15) is 0 Å². The van der Waals surface area contributed by atoms with E-state index in [1.165, 1.54) is 12.1 Å². The Hall–Kier alpha value is -2.23. The van der Waals surface area contributed by atoms with Crippen molar-refractivity contribution in [2.75, 3.05) is 0 Å². The molecule has 0 saturated heterocycles. The van der Waals surface area contributed by atoms with Crippen LogP contribution in [0.2, 0.25) is 0 Å². The number of carboxylic acid groups (broad SMARTS) is 1. The Balaban J connectivity index is 2.14. The normalized spacial score (nSPS) is 12.1. The number of carbonyl (C=O) groups is 1. The van der Waals surface area contributed by atoms with Crippen LogP contribution in [0.4, 0.5) is 8.78 Å². The largest absolute Gasteiger partial charge is 0.481 e. The van der Waals surface area contributed by atoms with Gasteiger partial charge in [-0.05, 0) is 30.0 Å². The molecule has 0 amide bonds. The predicted molar refractivity (Wildman–Crippen MR) is 71.5 cm³/mol. The number of hydrogen-bond donors (Lipinski definition) is 1. The summed E-state index contributed by atoms with van der Waals surface area (Å²) in [5.74, 6) is -3.49. The molecule has 0 radical (unpaired) electrons. The number of hydrogen-bond acceptors (Lipinski definition) is 1. The first kappa shape index (κ1) is 14.2. The molecule has 0 aliphatic rings. The summed E-state index contributed by atoms with van der Waals surface area (Å²) in [6.45, 7) is 0. The fraction of sp³-hybridized carbons (Fsp3) is 0.188. The van der Waals surface area contributed by atoms with Gasteiger partial charge in [-0.25, -0.2) is 8.78 Å². The van der Waals surface area contributed by atoms with Crippen molar-refractivity contribution >= 4 is 5.97 Å². The Bertz CT molecular complexity index is 597. The molecule has 2 nitrogen and oxygen atoms in total. The van der Waals surface area contributed by atoms with Crippen molar-refractivity contribution in [3.05, 3.63) is 71.3 Å². The van der Waals surface area contributed by atoms with Gasteiger partial charge in [0.25, 0.3) is 0 Å². The van der Waals surface area contributed by atoms with E-state index in [1.54, 1.807) is 30.3 Å². The Kier molecular flexibility index (Phi) is 4.45. The lowest BCUT2D eigenvalue weighted by Gasteiger charge is -2.13. The van der Waals surface area contributed by atoms with Crippen molar-refractivity contribution in [3.63, 3.8) is 0 Å². The topological polar surface area (TPSA) is 37.3 Å². The molecule has 4 heteroatoms. The predicted octanol–water partition coefficient (Wildman–Crippen LogP) is 3.77. The minimum Gasteiger partial charge on any atom is -0.481 e. The minimum atomic E-state index is -0.965. The van der Waals surface area contributed by atoms with Gasteiger partial charge in [-0.15, -0.1) is 0 Å². The van der Waals surface area contributed by atoms with Crippen molar-refractivity contribution in [3.8, 4) is 0 Å². The zero-order valence-electron chi connectivity index (χ0n) is 10.7. The van der Waals surface area contributed by atoms with Crippen molar-refractivity contribution < 1.29 is 18.7 Å². The Morgan fingerprint density at radius 2 is 1.75 bits per heavy atom. The van der Waals surface area contributed by atoms with E-state index in [-0.39, 0.29) is 18.4 Å². The van der Waals surface area contributed by atoms with Crippen LogP contribution in [-0.2, 0) is 11.2 Å². The molecule has 0 heterocycles. The van der Waals surface area contributed by atoms with Crippen molar-refractivity contribution in [2.45, 2.75) is 18.8 Å². The van der Waals surface area contributed by atoms with E-state index in [1.807, 2.05) is 0 Å². The maximum Gasteiger partial charge on any atom is 0.310 e. The van der Waals surface area contributed by atoms with Gasteiger partial charge >= 0.3 is 5.97 Å². The molecule has 0 bridgehead atoms. The monoisotopic (exact) mass is 276 g/mol. The fourth-order valence-electron chi connectivity index (χ4n) is 2.16. The minimum absolute atomic E-state index is 0.176. The third-order valence-corrected chi connectivity index (χ3v) is 3.23. The number of rotatable bonds is 5. The molecule has 2 aromatic carbocycles. The Morgan fingerprint density at radius 3 is 2.40 bits per heavy atom. The average Bonchev–Trinajstić information content (AvgIpc) is 2.44. The van der Waals surface area contributed by atoms with Crippen LogP contribution in [0.5, 0.6) is 0 Å². The third kappa shape index (κ3) is 3.20. The van der Waals surface area contributed by atoms with E-state index >= 15 is 0 Å². The highest BCUT2D eigenvalue weighted by Crippen LogP contribution is 2.23. The summed E-state index contributed by atoms with van der Waals surface area (Å²) in [6.07, 6.45) is 0.398. The maximum absolute atomic E-state index is 13.5. The molecule has 0 fully saturated rings. The zero-order valence-corrected chi connectivity index (χ0v) is 10.7. The molecular weight excluding hydrogens is 262 g/mol. The highest BCUT2D eigenvalue weighted by atomic mass is 19.2. The van der Waals surface area contributed by atoms with Crippen LogP contribution >= 0.6 is 0 Å². The average molecular weight is 276 g/mol. The van der Waals surface area contributed by atoms with Crippen molar-refractivity contribution in [1.29, 1.82) is 0 Å². The molecule has 1 N–H and O–H groups in total. The number of aryl methyl sites for hydroxylation is 1. The third-order valence-electron chi connectivity index (χ3n) is 3.23. The highest BCUT2D eigenvalue weighted by Gasteiger charge is 2.20. The standard InChI is InChI=1S/C16H14F2O2/c17-14-8-4-7-12(15(14)18)9-10-13(16(19)20)11-5-2-1-3-6-11/h1-8,13H,9-10H2,(H,19,20). The van der Waals surface area contributed by atoms with Gasteiger partial charge in [-0.3, -0.25) is 4.79 Å². The van der Waals surface area contributed by atoms with E-state index in [0.717, 1.165) is 6.07 Å². The van der Waals surface area contributed by atoms with E-state index in [0.29, 0.717) is 5.56 Å². The molecule has 20 heavy (non-hydrogen) atoms. The van der Waals surface area contributed by atoms with Crippen molar-refractivity contribution in [2.24, 2.45) is 0 Å². The van der Waals surface area contributed by atoms with E-state index < -0.39 is 23.5 Å². The van der Waals surface area contributed by atoms with Gasteiger partial charge in [0.15, 0.2) is 11.6 Å². The van der Waals surface area contributed by atoms with Gasteiger partial charge < -0.3 is 5.11 Å². The molecule has 2 aromatic rings. The SMILES string of the molecule is O=C(O)C(CCc1cccc(F)c1F)c1ccccc1. The first-order valence-electron chi connectivity index (χ1n) is 6.30. The second kappa shape index (κ2) is 6.28. The second-order valence-electron chi connectivity index (χ2n) is 4.55. The quantitative estimate of drug-likeness (QED) is 0.902. The summed E-state index contributed by atoms with van der Waals surface area (Å²) in [4.78, 5) is 11.3. The van der Waals surface area contributed by atoms with Crippen LogP contribution < -0.4 is 0 Å². The maximum atomic E-state index is 13.5. The molecule has 1 atom stereocenters. The zero-order chi connectivity index (χ0) is 14.5. The molecule has 2 rings (SSSR count). The van der Waals surface area contributed by atoms with Crippen LogP contribution in [0.1, 0.15) is 23.5 Å². The van der Waals surface area contributed by atoms with E-state index in [9.17, 15) is 18.7 Å². The smallest absolute Gasteiger partial charge is 0.310 e. The highest BCUT2D eigenvalue weighted by molar-refractivity contribution is 5.76. The van der Waals surface area contributed by atoms with Crippen LogP contribution in [0, 0.1) is 11.6 Å². The number of benzene rings is 2. The first-order chi connectivity index (χ1) is 9.59. The molecule has 0 spiro atoms. The molecule has 0 aliphatic heterocycles. The fourth-order valence-corrected chi connectivity index (χ4v) is 2.16. The molecule has 0 aromatic heterocycles. The Labute approximate surface area is 115 Å². The lowest BCUT2D eigenvalue weighted by molar-refractivity contribution is -0.138. The summed E-state index contributed by atoms with van der Waals surface area (Å²) in [6, 6.07) is 12.7. The summed E-state index contributed by atoms with van der Waals surface area (Å²) < 4.78 is 26.6. The lowest BCUT2D eigenvalue weighted by Crippen LogP contribution is -2.13. The van der Waals surface area contributed by atoms with Crippen LogP contribution in [-0.4, -0.2) is 11.1 Å². The number of carboxylic acids is 1. The van der Waals surface area contributed by atoms with Crippen LogP contribution in [0.15, 0.2) is 48.5 Å². The van der Waals surface area contributed by atoms with E-state index in [4.69, 9.17) is 0 Å². The molecule has 0 saturated carbocycles. The van der Waals surface area contributed by atoms with Gasteiger partial charge in [0.1, 0.15) is 0 Å². The van der Waals surface area contributed by atoms with Gasteiger partial charge in [0.05, 0.1) is 5.92 Å². The summed E-state index contributed by atoms with van der Waals surface area (Å²) >= 11 is 0. The number of halogens is 2. The summed E-state index contributed by atoms with van der Waals surface area (Å²) in [7, 11) is 0. The molecule has 104 valence electrons. The Morgan fingerprint density at radius 1 is 1.05 bits per heavy atom. The van der Waals surface area contributed by atoms with Gasteiger partial charge in [0, 0.05) is 0 Å². The lowest BCUT2D eigenvalue weighted by atomic mass is 9.92. The van der Waals surface area contributed by atoms with Gasteiger partial charge in [0.2, 0.25) is 0 Å². The summed E-state index contributed by atoms with van der Waals surface area (Å²) in [5.41, 5.74) is 0.865. The van der Waals surface area contributed by atoms with Crippen LogP contribution in [0.25, 0.3) is 0 Å². The number of aliphatic carboxylic acids is 1. The molecule has 0 aliphatic carbocycles. The molecular formula is C16H14F2O2. The first-order valence-corrected chi connectivity index (χ1v) is 6.30. The summed E-state index contributed by atoms with van der Waals surface area (Å²) in [5, 5.41) is 9.26. The molecule has 1 unspecified atom stereocenters. The van der Waals surface area contributed by atoms with E-state index in [2.05, 4.69) is 0 Å².